The third-order valence-electron chi connectivity index (χ3n) is 3.71. The van der Waals surface area contributed by atoms with Crippen LogP contribution in [0.2, 0.25) is 0 Å². The molecule has 6 heteroatoms. The maximum Gasteiger partial charge on any atom is 0.338 e. The lowest BCUT2D eigenvalue weighted by Gasteiger charge is -2.22. The first kappa shape index (κ1) is 20.3. The second kappa shape index (κ2) is 10.8. The Morgan fingerprint density at radius 3 is 2.19 bits per heavy atom. The van der Waals surface area contributed by atoms with Crippen LogP contribution < -0.4 is 4.90 Å². The van der Waals surface area contributed by atoms with E-state index in [1.165, 1.54) is 0 Å². The van der Waals surface area contributed by atoms with E-state index in [0.29, 0.717) is 23.9 Å². The predicted molar refractivity (Wildman–Crippen MR) is 110 cm³/mol. The van der Waals surface area contributed by atoms with E-state index in [1.807, 2.05) is 24.3 Å². The van der Waals surface area contributed by atoms with Crippen molar-refractivity contribution in [2.24, 2.45) is 4.99 Å². The Morgan fingerprint density at radius 2 is 1.65 bits per heavy atom. The minimum atomic E-state index is -0.322. The Balaban J connectivity index is 2.02. The molecule has 0 aliphatic heterocycles. The lowest BCUT2D eigenvalue weighted by molar-refractivity contribution is 0.0526. The summed E-state index contributed by atoms with van der Waals surface area (Å²) in [5.41, 5.74) is 3.36. The van der Waals surface area contributed by atoms with Gasteiger partial charge in [-0.05, 0) is 48.9 Å². The molecule has 0 aliphatic rings. The molecule has 0 spiro atoms. The fourth-order valence-electron chi connectivity index (χ4n) is 2.39. The van der Waals surface area contributed by atoms with Crippen molar-refractivity contribution in [2.45, 2.75) is 6.92 Å². The molecule has 0 saturated heterocycles. The fraction of sp³-hybridized carbons (Fsp3) is 0.300. The molecule has 26 heavy (non-hydrogen) atoms. The summed E-state index contributed by atoms with van der Waals surface area (Å²) < 4.78 is 4.96. The summed E-state index contributed by atoms with van der Waals surface area (Å²) in [6, 6.07) is 15.1. The van der Waals surface area contributed by atoms with Crippen molar-refractivity contribution in [2.75, 3.05) is 36.4 Å². The summed E-state index contributed by atoms with van der Waals surface area (Å²) in [6.07, 6.45) is 1.79. The Morgan fingerprint density at radius 1 is 1.04 bits per heavy atom. The lowest BCUT2D eigenvalue weighted by Crippen LogP contribution is -2.27. The summed E-state index contributed by atoms with van der Waals surface area (Å²) in [7, 11) is 0. The number of alkyl halides is 2. The van der Waals surface area contributed by atoms with Crippen LogP contribution in [0.25, 0.3) is 0 Å². The van der Waals surface area contributed by atoms with Crippen LogP contribution in [-0.2, 0) is 4.74 Å². The van der Waals surface area contributed by atoms with Crippen LogP contribution in [0.5, 0.6) is 0 Å². The van der Waals surface area contributed by atoms with Gasteiger partial charge in [-0.3, -0.25) is 4.99 Å². The van der Waals surface area contributed by atoms with E-state index in [0.717, 1.165) is 30.0 Å². The molecule has 138 valence electrons. The molecule has 0 fully saturated rings. The largest absolute Gasteiger partial charge is 0.462 e. The van der Waals surface area contributed by atoms with Gasteiger partial charge in [0, 0.05) is 36.8 Å². The highest BCUT2D eigenvalue weighted by Crippen LogP contribution is 2.17. The van der Waals surface area contributed by atoms with Crippen molar-refractivity contribution in [1.29, 1.82) is 0 Å². The van der Waals surface area contributed by atoms with Crippen LogP contribution in [0.4, 0.5) is 11.4 Å². The summed E-state index contributed by atoms with van der Waals surface area (Å²) in [6.45, 7) is 3.66. The van der Waals surface area contributed by atoms with E-state index in [-0.39, 0.29) is 5.97 Å². The number of rotatable bonds is 9. The van der Waals surface area contributed by atoms with Crippen LogP contribution in [0.15, 0.2) is 53.5 Å². The van der Waals surface area contributed by atoms with Gasteiger partial charge in [0.1, 0.15) is 0 Å². The van der Waals surface area contributed by atoms with Gasteiger partial charge in [-0.1, -0.05) is 12.1 Å². The van der Waals surface area contributed by atoms with Crippen molar-refractivity contribution in [3.8, 4) is 0 Å². The third kappa shape index (κ3) is 6.04. The zero-order valence-corrected chi connectivity index (χ0v) is 16.2. The maximum absolute atomic E-state index is 11.6. The first-order chi connectivity index (χ1) is 12.7. The highest BCUT2D eigenvalue weighted by atomic mass is 35.5. The normalized spacial score (nSPS) is 10.9. The standard InChI is InChI=1S/C20H22Cl2N2O2/c1-2-26-20(25)17-5-7-18(8-6-17)23-15-16-3-9-19(10-4-16)24(13-11-21)14-12-22/h3-10,15H,2,11-14H2,1H3. The zero-order valence-electron chi connectivity index (χ0n) is 14.7. The van der Waals surface area contributed by atoms with E-state index < -0.39 is 0 Å². The van der Waals surface area contributed by atoms with E-state index in [2.05, 4.69) is 9.89 Å². The monoisotopic (exact) mass is 392 g/mol. The molecular formula is C20H22Cl2N2O2. The second-order valence-corrected chi connectivity index (χ2v) is 6.24. The molecule has 0 bridgehead atoms. The zero-order chi connectivity index (χ0) is 18.8. The number of esters is 1. The van der Waals surface area contributed by atoms with Crippen LogP contribution in [0, 0.1) is 0 Å². The number of ether oxygens (including phenoxy) is 1. The number of anilines is 1. The number of nitrogens with zero attached hydrogens (tertiary/aromatic N) is 2. The summed E-state index contributed by atoms with van der Waals surface area (Å²) in [5.74, 6) is 0.793. The molecule has 2 rings (SSSR count). The molecule has 0 amide bonds. The molecular weight excluding hydrogens is 371 g/mol. The number of hydrogen-bond donors (Lipinski definition) is 0. The van der Waals surface area contributed by atoms with Gasteiger partial charge in [-0.25, -0.2) is 4.79 Å². The van der Waals surface area contributed by atoms with Gasteiger partial charge in [0.2, 0.25) is 0 Å². The number of carbonyl (C=O) groups is 1. The summed E-state index contributed by atoms with van der Waals surface area (Å²) >= 11 is 11.7. The number of carbonyl (C=O) groups excluding carboxylic acids is 1. The van der Waals surface area contributed by atoms with Gasteiger partial charge in [0.25, 0.3) is 0 Å². The summed E-state index contributed by atoms with van der Waals surface area (Å²) in [4.78, 5) is 18.2. The smallest absolute Gasteiger partial charge is 0.338 e. The van der Waals surface area contributed by atoms with Gasteiger partial charge in [0.15, 0.2) is 0 Å². The predicted octanol–water partition coefficient (Wildman–Crippen LogP) is 4.90. The molecule has 0 atom stereocenters. The Kier molecular flexibility index (Phi) is 8.45. The third-order valence-corrected chi connectivity index (χ3v) is 4.05. The molecule has 0 aromatic heterocycles. The molecule has 0 aliphatic carbocycles. The van der Waals surface area contributed by atoms with Crippen molar-refractivity contribution in [3.63, 3.8) is 0 Å². The number of halogens is 2. The van der Waals surface area contributed by atoms with E-state index >= 15 is 0 Å². The highest BCUT2D eigenvalue weighted by molar-refractivity contribution is 6.18. The topological polar surface area (TPSA) is 41.9 Å². The molecule has 0 saturated carbocycles. The molecule has 4 nitrogen and oxygen atoms in total. The van der Waals surface area contributed by atoms with Crippen LogP contribution in [0.3, 0.4) is 0 Å². The van der Waals surface area contributed by atoms with Crippen LogP contribution in [0.1, 0.15) is 22.8 Å². The molecule has 0 radical (unpaired) electrons. The Hall–Kier alpha value is -2.04. The average Bonchev–Trinajstić information content (AvgIpc) is 2.67. The van der Waals surface area contributed by atoms with Crippen molar-refractivity contribution in [1.82, 2.24) is 0 Å². The maximum atomic E-state index is 11.6. The average molecular weight is 393 g/mol. The lowest BCUT2D eigenvalue weighted by atomic mass is 10.2. The second-order valence-electron chi connectivity index (χ2n) is 5.48. The van der Waals surface area contributed by atoms with Crippen molar-refractivity contribution < 1.29 is 9.53 Å². The number of benzene rings is 2. The van der Waals surface area contributed by atoms with Gasteiger partial charge in [-0.2, -0.15) is 0 Å². The van der Waals surface area contributed by atoms with E-state index in [1.54, 1.807) is 37.4 Å². The Bertz CT molecular complexity index is 710. The van der Waals surface area contributed by atoms with Crippen LogP contribution >= 0.6 is 23.2 Å². The molecule has 2 aromatic rings. The highest BCUT2D eigenvalue weighted by Gasteiger charge is 2.06. The quantitative estimate of drug-likeness (QED) is 0.346. The Labute approximate surface area is 164 Å². The first-order valence-electron chi connectivity index (χ1n) is 8.46. The molecule has 0 heterocycles. The minimum absolute atomic E-state index is 0.322. The minimum Gasteiger partial charge on any atom is -0.462 e. The summed E-state index contributed by atoms with van der Waals surface area (Å²) in [5, 5.41) is 0. The first-order valence-corrected chi connectivity index (χ1v) is 9.53. The van der Waals surface area contributed by atoms with Crippen LogP contribution in [-0.4, -0.2) is 43.6 Å². The van der Waals surface area contributed by atoms with Gasteiger partial charge in [0.05, 0.1) is 17.9 Å². The number of aliphatic imine (C=N–C) groups is 1. The van der Waals surface area contributed by atoms with E-state index in [9.17, 15) is 4.79 Å². The van der Waals surface area contributed by atoms with Crippen molar-refractivity contribution >= 4 is 46.8 Å². The SMILES string of the molecule is CCOC(=O)c1ccc(N=Cc2ccc(N(CCCl)CCCl)cc2)cc1. The van der Waals surface area contributed by atoms with Gasteiger partial charge < -0.3 is 9.64 Å². The number of hydrogen-bond acceptors (Lipinski definition) is 4. The molecule has 2 aromatic carbocycles. The fourth-order valence-corrected chi connectivity index (χ4v) is 2.80. The van der Waals surface area contributed by atoms with E-state index in [4.69, 9.17) is 27.9 Å². The van der Waals surface area contributed by atoms with Crippen molar-refractivity contribution in [3.05, 3.63) is 59.7 Å². The molecule has 0 unspecified atom stereocenters. The van der Waals surface area contributed by atoms with Gasteiger partial charge in [-0.15, -0.1) is 23.2 Å². The van der Waals surface area contributed by atoms with Gasteiger partial charge >= 0.3 is 5.97 Å². The molecule has 0 N–H and O–H groups in total.